The van der Waals surface area contributed by atoms with Crippen LogP contribution in [0.25, 0.3) is 0 Å². The maximum absolute atomic E-state index is 5.61. The van der Waals surface area contributed by atoms with Crippen molar-refractivity contribution >= 4 is 0 Å². The molecule has 1 fully saturated rings. The van der Waals surface area contributed by atoms with E-state index in [4.69, 9.17) is 9.47 Å². The highest BCUT2D eigenvalue weighted by Gasteiger charge is 2.18. The second-order valence-corrected chi connectivity index (χ2v) is 3.53. The quantitative estimate of drug-likeness (QED) is 0.705. The van der Waals surface area contributed by atoms with Crippen LogP contribution in [0.3, 0.4) is 0 Å². The first kappa shape index (κ1) is 8.57. The molecule has 0 atom stereocenters. The van der Waals surface area contributed by atoms with Gasteiger partial charge in [0.15, 0.2) is 0 Å². The van der Waals surface area contributed by atoms with Gasteiger partial charge in [-0.1, -0.05) is 12.1 Å². The van der Waals surface area contributed by atoms with E-state index in [2.05, 4.69) is 19.1 Å². The van der Waals surface area contributed by atoms with Gasteiger partial charge >= 0.3 is 0 Å². The lowest BCUT2D eigenvalue weighted by atomic mass is 10.1. The number of ether oxygens (including phenoxy) is 2. The van der Waals surface area contributed by atoms with E-state index < -0.39 is 0 Å². The molecule has 0 amide bonds. The summed E-state index contributed by atoms with van der Waals surface area (Å²) in [4.78, 5) is 0. The molecule has 2 heteroatoms. The molecule has 0 aliphatic carbocycles. The second-order valence-electron chi connectivity index (χ2n) is 3.53. The van der Waals surface area contributed by atoms with E-state index >= 15 is 0 Å². The van der Waals surface area contributed by atoms with Crippen molar-refractivity contribution in [3.8, 4) is 5.75 Å². The molecule has 0 N–H and O–H groups in total. The van der Waals surface area contributed by atoms with Crippen molar-refractivity contribution in [3.05, 3.63) is 29.8 Å². The van der Waals surface area contributed by atoms with Gasteiger partial charge in [0.1, 0.15) is 5.75 Å². The highest BCUT2D eigenvalue weighted by atomic mass is 16.5. The van der Waals surface area contributed by atoms with Crippen molar-refractivity contribution < 1.29 is 9.47 Å². The Bertz CT molecular complexity index is 279. The minimum Gasteiger partial charge on any atom is -0.493 e. The van der Waals surface area contributed by atoms with Crippen molar-refractivity contribution in [1.82, 2.24) is 0 Å². The van der Waals surface area contributed by atoms with E-state index in [-0.39, 0.29) is 0 Å². The normalized spacial score (nSPS) is 16.7. The Morgan fingerprint density at radius 3 is 2.92 bits per heavy atom. The molecule has 0 radical (unpaired) electrons. The summed E-state index contributed by atoms with van der Waals surface area (Å²) in [5, 5.41) is 0. The van der Waals surface area contributed by atoms with Crippen LogP contribution in [0.4, 0.5) is 0 Å². The Morgan fingerprint density at radius 2 is 2.31 bits per heavy atom. The fraction of sp³-hybridized carbons (Fsp3) is 0.455. The molecule has 1 aromatic rings. The SMILES string of the molecule is Cc1cccc(OCC2COC2)c1. The molecule has 0 aromatic heterocycles. The van der Waals surface area contributed by atoms with Crippen LogP contribution in [0.15, 0.2) is 24.3 Å². The Hall–Kier alpha value is -1.02. The molecule has 2 rings (SSSR count). The van der Waals surface area contributed by atoms with Gasteiger partial charge in [0.05, 0.1) is 19.8 Å². The average Bonchev–Trinajstić information content (AvgIpc) is 2.01. The smallest absolute Gasteiger partial charge is 0.119 e. The lowest BCUT2D eigenvalue weighted by Gasteiger charge is -2.25. The van der Waals surface area contributed by atoms with Crippen molar-refractivity contribution in [2.45, 2.75) is 6.92 Å². The van der Waals surface area contributed by atoms with Crippen LogP contribution in [-0.4, -0.2) is 19.8 Å². The minimum atomic E-state index is 0.598. The van der Waals surface area contributed by atoms with Gasteiger partial charge in [-0.25, -0.2) is 0 Å². The zero-order valence-electron chi connectivity index (χ0n) is 7.82. The largest absolute Gasteiger partial charge is 0.493 e. The highest BCUT2D eigenvalue weighted by molar-refractivity contribution is 5.27. The summed E-state index contributed by atoms with van der Waals surface area (Å²) < 4.78 is 10.7. The molecule has 1 aromatic carbocycles. The first-order valence-electron chi connectivity index (χ1n) is 4.62. The fourth-order valence-electron chi connectivity index (χ4n) is 1.30. The van der Waals surface area contributed by atoms with E-state index in [1.165, 1.54) is 5.56 Å². The van der Waals surface area contributed by atoms with E-state index in [0.717, 1.165) is 25.6 Å². The van der Waals surface area contributed by atoms with Gasteiger partial charge in [0.2, 0.25) is 0 Å². The van der Waals surface area contributed by atoms with Crippen molar-refractivity contribution in [1.29, 1.82) is 0 Å². The summed E-state index contributed by atoms with van der Waals surface area (Å²) in [6.07, 6.45) is 0. The van der Waals surface area contributed by atoms with Crippen LogP contribution in [0.1, 0.15) is 5.56 Å². The van der Waals surface area contributed by atoms with Crippen LogP contribution >= 0.6 is 0 Å². The third kappa shape index (κ3) is 2.22. The number of benzene rings is 1. The lowest BCUT2D eigenvalue weighted by Crippen LogP contribution is -2.32. The highest BCUT2D eigenvalue weighted by Crippen LogP contribution is 2.16. The van der Waals surface area contributed by atoms with Crippen LogP contribution < -0.4 is 4.74 Å². The Morgan fingerprint density at radius 1 is 1.46 bits per heavy atom. The monoisotopic (exact) mass is 178 g/mol. The van der Waals surface area contributed by atoms with Crippen molar-refractivity contribution in [2.24, 2.45) is 5.92 Å². The molecule has 1 heterocycles. The number of hydrogen-bond acceptors (Lipinski definition) is 2. The summed E-state index contributed by atoms with van der Waals surface area (Å²) in [5.41, 5.74) is 1.24. The van der Waals surface area contributed by atoms with E-state index in [1.807, 2.05) is 12.1 Å². The Balaban J connectivity index is 1.86. The molecule has 1 aliphatic rings. The van der Waals surface area contributed by atoms with Gasteiger partial charge in [-0.2, -0.15) is 0 Å². The van der Waals surface area contributed by atoms with E-state index in [1.54, 1.807) is 0 Å². The van der Waals surface area contributed by atoms with Crippen molar-refractivity contribution in [2.75, 3.05) is 19.8 Å². The van der Waals surface area contributed by atoms with E-state index in [0.29, 0.717) is 5.92 Å². The first-order chi connectivity index (χ1) is 6.34. The average molecular weight is 178 g/mol. The molecular formula is C11H14O2. The molecule has 1 saturated heterocycles. The number of hydrogen-bond donors (Lipinski definition) is 0. The van der Waals surface area contributed by atoms with Gasteiger partial charge in [-0.15, -0.1) is 0 Å². The summed E-state index contributed by atoms with van der Waals surface area (Å²) >= 11 is 0. The summed E-state index contributed by atoms with van der Waals surface area (Å²) in [6.45, 7) is 4.56. The molecule has 13 heavy (non-hydrogen) atoms. The molecule has 0 saturated carbocycles. The maximum atomic E-state index is 5.61. The lowest BCUT2D eigenvalue weighted by molar-refractivity contribution is -0.0508. The number of aryl methyl sites for hydroxylation is 1. The second kappa shape index (κ2) is 3.79. The van der Waals surface area contributed by atoms with Crippen LogP contribution in [0.2, 0.25) is 0 Å². The molecule has 0 unspecified atom stereocenters. The zero-order chi connectivity index (χ0) is 9.10. The predicted molar refractivity (Wildman–Crippen MR) is 51.0 cm³/mol. The number of rotatable bonds is 3. The molecule has 70 valence electrons. The fourth-order valence-corrected chi connectivity index (χ4v) is 1.30. The van der Waals surface area contributed by atoms with Crippen LogP contribution in [0.5, 0.6) is 5.75 Å². The Kier molecular flexibility index (Phi) is 2.50. The first-order valence-corrected chi connectivity index (χ1v) is 4.62. The zero-order valence-corrected chi connectivity index (χ0v) is 7.82. The van der Waals surface area contributed by atoms with Gasteiger partial charge in [0, 0.05) is 5.92 Å². The predicted octanol–water partition coefficient (Wildman–Crippen LogP) is 2.02. The van der Waals surface area contributed by atoms with Crippen LogP contribution in [0, 0.1) is 12.8 Å². The van der Waals surface area contributed by atoms with E-state index in [9.17, 15) is 0 Å². The van der Waals surface area contributed by atoms with Gasteiger partial charge < -0.3 is 9.47 Å². The summed E-state index contributed by atoms with van der Waals surface area (Å²) in [6, 6.07) is 8.13. The molecular weight excluding hydrogens is 164 g/mol. The standard InChI is InChI=1S/C11H14O2/c1-9-3-2-4-11(5-9)13-8-10-6-12-7-10/h2-5,10H,6-8H2,1H3. The third-order valence-electron chi connectivity index (χ3n) is 2.18. The molecule has 2 nitrogen and oxygen atoms in total. The van der Waals surface area contributed by atoms with Gasteiger partial charge in [-0.05, 0) is 24.6 Å². The summed E-state index contributed by atoms with van der Waals surface area (Å²) in [5.74, 6) is 1.56. The van der Waals surface area contributed by atoms with Crippen molar-refractivity contribution in [3.63, 3.8) is 0 Å². The molecule has 1 aliphatic heterocycles. The molecule has 0 spiro atoms. The van der Waals surface area contributed by atoms with Gasteiger partial charge in [-0.3, -0.25) is 0 Å². The van der Waals surface area contributed by atoms with Gasteiger partial charge in [0.25, 0.3) is 0 Å². The third-order valence-corrected chi connectivity index (χ3v) is 2.18. The Labute approximate surface area is 78.5 Å². The maximum Gasteiger partial charge on any atom is 0.119 e. The topological polar surface area (TPSA) is 18.5 Å². The minimum absolute atomic E-state index is 0.598. The summed E-state index contributed by atoms with van der Waals surface area (Å²) in [7, 11) is 0. The molecule has 0 bridgehead atoms. The van der Waals surface area contributed by atoms with Crippen LogP contribution in [-0.2, 0) is 4.74 Å².